The molecule has 0 bridgehead atoms. The molecule has 154 valence electrons. The van der Waals surface area contributed by atoms with Gasteiger partial charge >= 0.3 is 0 Å². The van der Waals surface area contributed by atoms with Crippen LogP contribution in [0.4, 0.5) is 0 Å². The molecule has 0 aromatic heterocycles. The molecule has 2 aliphatic heterocycles. The predicted octanol–water partition coefficient (Wildman–Crippen LogP) is 3.65. The number of piperidine rings is 1. The Labute approximate surface area is 169 Å². The summed E-state index contributed by atoms with van der Waals surface area (Å²) in [5.74, 6) is 0.130. The molecule has 2 amide bonds. The van der Waals surface area contributed by atoms with Crippen molar-refractivity contribution in [2.24, 2.45) is 5.92 Å². The molecule has 0 radical (unpaired) electrons. The van der Waals surface area contributed by atoms with Gasteiger partial charge in [-0.15, -0.1) is 0 Å². The van der Waals surface area contributed by atoms with E-state index in [1.807, 2.05) is 41.0 Å². The number of hydrogen-bond acceptors (Lipinski definition) is 3. The van der Waals surface area contributed by atoms with Crippen molar-refractivity contribution in [2.45, 2.75) is 58.5 Å². The number of amides is 2. The summed E-state index contributed by atoms with van der Waals surface area (Å²) in [6.07, 6.45) is 6.19. The minimum absolute atomic E-state index is 0.0372. The Morgan fingerprint density at radius 2 is 1.93 bits per heavy atom. The van der Waals surface area contributed by atoms with Gasteiger partial charge in [0.2, 0.25) is 5.91 Å². The third-order valence-electron chi connectivity index (χ3n) is 5.86. The minimum atomic E-state index is -0.0988. The van der Waals surface area contributed by atoms with Gasteiger partial charge in [-0.2, -0.15) is 0 Å². The lowest BCUT2D eigenvalue weighted by atomic mass is 9.95. The highest BCUT2D eigenvalue weighted by Gasteiger charge is 2.32. The normalized spacial score (nSPS) is 22.7. The van der Waals surface area contributed by atoms with E-state index in [-0.39, 0.29) is 23.8 Å². The highest BCUT2D eigenvalue weighted by molar-refractivity contribution is 5.94. The Morgan fingerprint density at radius 1 is 1.14 bits per heavy atom. The second kappa shape index (κ2) is 10.1. The van der Waals surface area contributed by atoms with E-state index in [4.69, 9.17) is 4.74 Å². The number of carbonyl (C=O) groups excluding carboxylic acids is 2. The van der Waals surface area contributed by atoms with Gasteiger partial charge in [0.1, 0.15) is 0 Å². The number of benzene rings is 1. The molecule has 2 aliphatic rings. The molecule has 2 heterocycles. The van der Waals surface area contributed by atoms with Gasteiger partial charge in [-0.25, -0.2) is 0 Å². The molecule has 1 aromatic carbocycles. The monoisotopic (exact) mass is 386 g/mol. The van der Waals surface area contributed by atoms with Gasteiger partial charge in [-0.1, -0.05) is 24.6 Å². The van der Waals surface area contributed by atoms with Crippen LogP contribution >= 0.6 is 0 Å². The standard InChI is InChI=1S/C23H34N2O3/c1-3-13-24(17-21-8-4-5-15-28-21)23(27)20-7-6-14-25(16-20)22(26)19-11-9-18(2)10-12-19/h9-12,20-21H,3-8,13-17H2,1-2H3. The van der Waals surface area contributed by atoms with Gasteiger partial charge in [0, 0.05) is 38.3 Å². The van der Waals surface area contributed by atoms with Crippen molar-refractivity contribution in [3.63, 3.8) is 0 Å². The molecule has 0 saturated carbocycles. The Morgan fingerprint density at radius 3 is 2.61 bits per heavy atom. The lowest BCUT2D eigenvalue weighted by molar-refractivity contribution is -0.139. The number of rotatable bonds is 6. The number of likely N-dealkylation sites (tertiary alicyclic amines) is 1. The van der Waals surface area contributed by atoms with Gasteiger partial charge in [0.25, 0.3) is 5.91 Å². The van der Waals surface area contributed by atoms with Gasteiger partial charge < -0.3 is 14.5 Å². The zero-order valence-corrected chi connectivity index (χ0v) is 17.4. The van der Waals surface area contributed by atoms with Crippen molar-refractivity contribution < 1.29 is 14.3 Å². The summed E-state index contributed by atoms with van der Waals surface area (Å²) in [7, 11) is 0. The fourth-order valence-corrected chi connectivity index (χ4v) is 4.26. The minimum Gasteiger partial charge on any atom is -0.376 e. The van der Waals surface area contributed by atoms with Gasteiger partial charge in [-0.3, -0.25) is 9.59 Å². The molecule has 2 atom stereocenters. The van der Waals surface area contributed by atoms with Crippen molar-refractivity contribution in [2.75, 3.05) is 32.8 Å². The van der Waals surface area contributed by atoms with Crippen molar-refractivity contribution in [1.29, 1.82) is 0 Å². The third kappa shape index (κ3) is 5.34. The van der Waals surface area contributed by atoms with Crippen LogP contribution in [0.5, 0.6) is 0 Å². The summed E-state index contributed by atoms with van der Waals surface area (Å²) in [5.41, 5.74) is 1.85. The molecule has 28 heavy (non-hydrogen) atoms. The zero-order valence-electron chi connectivity index (χ0n) is 17.4. The van der Waals surface area contributed by atoms with Gasteiger partial charge in [0.15, 0.2) is 0 Å². The molecular formula is C23H34N2O3. The van der Waals surface area contributed by atoms with Crippen LogP contribution in [0.3, 0.4) is 0 Å². The lowest BCUT2D eigenvalue weighted by Crippen LogP contribution is -2.49. The highest BCUT2D eigenvalue weighted by atomic mass is 16.5. The summed E-state index contributed by atoms with van der Waals surface area (Å²) in [5, 5.41) is 0. The first-order chi connectivity index (χ1) is 13.6. The van der Waals surface area contributed by atoms with E-state index in [1.165, 1.54) is 6.42 Å². The van der Waals surface area contributed by atoms with Crippen LogP contribution in [0, 0.1) is 12.8 Å². The highest BCUT2D eigenvalue weighted by Crippen LogP contribution is 2.22. The van der Waals surface area contributed by atoms with E-state index in [2.05, 4.69) is 6.92 Å². The van der Waals surface area contributed by atoms with E-state index >= 15 is 0 Å². The molecule has 0 aliphatic carbocycles. The van der Waals surface area contributed by atoms with Crippen molar-refractivity contribution in [3.05, 3.63) is 35.4 Å². The van der Waals surface area contributed by atoms with Crippen LogP contribution in [-0.2, 0) is 9.53 Å². The molecule has 2 unspecified atom stereocenters. The van der Waals surface area contributed by atoms with Crippen LogP contribution in [-0.4, -0.2) is 60.5 Å². The molecule has 1 aromatic rings. The van der Waals surface area contributed by atoms with Crippen LogP contribution in [0.15, 0.2) is 24.3 Å². The first-order valence-electron chi connectivity index (χ1n) is 10.8. The number of nitrogens with zero attached hydrogens (tertiary/aromatic N) is 2. The van der Waals surface area contributed by atoms with Crippen LogP contribution in [0.1, 0.15) is 61.4 Å². The Bertz CT molecular complexity index is 652. The average molecular weight is 387 g/mol. The fraction of sp³-hybridized carbons (Fsp3) is 0.652. The quantitative estimate of drug-likeness (QED) is 0.750. The van der Waals surface area contributed by atoms with E-state index in [1.54, 1.807) is 0 Å². The first-order valence-corrected chi connectivity index (χ1v) is 10.8. The summed E-state index contributed by atoms with van der Waals surface area (Å²) in [6, 6.07) is 7.69. The second-order valence-electron chi connectivity index (χ2n) is 8.23. The van der Waals surface area contributed by atoms with Crippen molar-refractivity contribution >= 4 is 11.8 Å². The largest absolute Gasteiger partial charge is 0.376 e. The zero-order chi connectivity index (χ0) is 19.9. The van der Waals surface area contributed by atoms with Gasteiger partial charge in [-0.05, 0) is 57.6 Å². The number of hydrogen-bond donors (Lipinski definition) is 0. The number of ether oxygens (including phenoxy) is 1. The SMILES string of the molecule is CCCN(CC1CCCCO1)C(=O)C1CCCN(C(=O)c2ccc(C)cc2)C1. The number of carbonyl (C=O) groups is 2. The number of aryl methyl sites for hydroxylation is 1. The summed E-state index contributed by atoms with van der Waals surface area (Å²) in [6.45, 7) is 7.64. The van der Waals surface area contributed by atoms with E-state index in [0.717, 1.165) is 57.4 Å². The summed E-state index contributed by atoms with van der Waals surface area (Å²) >= 11 is 0. The lowest BCUT2D eigenvalue weighted by Gasteiger charge is -2.36. The van der Waals surface area contributed by atoms with Crippen molar-refractivity contribution in [3.8, 4) is 0 Å². The van der Waals surface area contributed by atoms with E-state index in [0.29, 0.717) is 18.7 Å². The van der Waals surface area contributed by atoms with Crippen LogP contribution in [0.2, 0.25) is 0 Å². The second-order valence-corrected chi connectivity index (χ2v) is 8.23. The molecular weight excluding hydrogens is 352 g/mol. The fourth-order valence-electron chi connectivity index (χ4n) is 4.26. The molecule has 0 N–H and O–H groups in total. The molecule has 0 spiro atoms. The summed E-state index contributed by atoms with van der Waals surface area (Å²) < 4.78 is 5.86. The predicted molar refractivity (Wildman–Crippen MR) is 110 cm³/mol. The third-order valence-corrected chi connectivity index (χ3v) is 5.86. The van der Waals surface area contributed by atoms with Crippen molar-refractivity contribution in [1.82, 2.24) is 9.80 Å². The smallest absolute Gasteiger partial charge is 0.253 e. The molecule has 5 heteroatoms. The van der Waals surface area contributed by atoms with Crippen LogP contribution < -0.4 is 0 Å². The maximum absolute atomic E-state index is 13.2. The summed E-state index contributed by atoms with van der Waals surface area (Å²) in [4.78, 5) is 30.0. The van der Waals surface area contributed by atoms with E-state index < -0.39 is 0 Å². The van der Waals surface area contributed by atoms with E-state index in [9.17, 15) is 9.59 Å². The Balaban J connectivity index is 1.62. The maximum Gasteiger partial charge on any atom is 0.253 e. The van der Waals surface area contributed by atoms with Gasteiger partial charge in [0.05, 0.1) is 12.0 Å². The first kappa shape index (κ1) is 20.8. The maximum atomic E-state index is 13.2. The Kier molecular flexibility index (Phi) is 7.49. The van der Waals surface area contributed by atoms with Crippen LogP contribution in [0.25, 0.3) is 0 Å². The molecule has 2 fully saturated rings. The molecule has 5 nitrogen and oxygen atoms in total. The molecule has 2 saturated heterocycles. The Hall–Kier alpha value is -1.88. The molecule has 3 rings (SSSR count). The average Bonchev–Trinajstić information content (AvgIpc) is 2.74. The topological polar surface area (TPSA) is 49.9 Å².